The minimum absolute atomic E-state index is 0.0300. The Hall–Kier alpha value is -4.50. The van der Waals surface area contributed by atoms with Crippen LogP contribution in [0.15, 0.2) is 108 Å². The molecule has 4 aromatic rings. The molecule has 0 radical (unpaired) electrons. The van der Waals surface area contributed by atoms with E-state index in [1.54, 1.807) is 43.3 Å². The summed E-state index contributed by atoms with van der Waals surface area (Å²) in [5.41, 5.74) is 3.31. The molecule has 0 aliphatic carbocycles. The summed E-state index contributed by atoms with van der Waals surface area (Å²) in [5, 5.41) is 2.97. The lowest BCUT2D eigenvalue weighted by atomic mass is 10.0. The van der Waals surface area contributed by atoms with Gasteiger partial charge in [-0.05, 0) is 72.4 Å². The molecule has 1 N–H and O–H groups in total. The van der Waals surface area contributed by atoms with Crippen LogP contribution in [0.2, 0.25) is 0 Å². The van der Waals surface area contributed by atoms with Crippen molar-refractivity contribution in [3.8, 4) is 0 Å². The van der Waals surface area contributed by atoms with Crippen LogP contribution in [0.5, 0.6) is 0 Å². The monoisotopic (exact) mass is 629 g/mol. The molecule has 0 aromatic heterocycles. The maximum atomic E-state index is 14.5. The van der Waals surface area contributed by atoms with Crippen LogP contribution in [0.4, 0.5) is 10.1 Å². The smallest absolute Gasteiger partial charge is 0.264 e. The molecule has 0 heterocycles. The lowest BCUT2D eigenvalue weighted by Gasteiger charge is -2.34. The number of aryl methyl sites for hydroxylation is 2. The molecular weight excluding hydrogens is 589 g/mol. The molecule has 0 spiro atoms. The largest absolute Gasteiger partial charge is 0.354 e. The van der Waals surface area contributed by atoms with E-state index in [1.807, 2.05) is 63.2 Å². The third-order valence-electron chi connectivity index (χ3n) is 7.47. The van der Waals surface area contributed by atoms with Crippen LogP contribution in [0, 0.1) is 25.6 Å². The normalized spacial score (nSPS) is 12.0. The molecule has 0 bridgehead atoms. The van der Waals surface area contributed by atoms with Crippen LogP contribution in [0.3, 0.4) is 0 Å². The van der Waals surface area contributed by atoms with Crippen molar-refractivity contribution in [3.05, 3.63) is 131 Å². The first-order valence-electron chi connectivity index (χ1n) is 15.0. The predicted octanol–water partition coefficient (Wildman–Crippen LogP) is 6.05. The number of carbonyl (C=O) groups is 2. The number of sulfonamides is 1. The Morgan fingerprint density at radius 3 is 2.07 bits per heavy atom. The highest BCUT2D eigenvalue weighted by Gasteiger charge is 2.35. The fourth-order valence-corrected chi connectivity index (χ4v) is 6.48. The minimum Gasteiger partial charge on any atom is -0.354 e. The number of nitrogens with one attached hydrogen (secondary N) is 1. The van der Waals surface area contributed by atoms with Gasteiger partial charge in [-0.1, -0.05) is 86.6 Å². The Morgan fingerprint density at radius 2 is 1.44 bits per heavy atom. The van der Waals surface area contributed by atoms with Gasteiger partial charge in [0, 0.05) is 19.5 Å². The average molecular weight is 630 g/mol. The average Bonchev–Trinajstić information content (AvgIpc) is 3.03. The van der Waals surface area contributed by atoms with Crippen molar-refractivity contribution in [2.75, 3.05) is 17.4 Å². The van der Waals surface area contributed by atoms with Gasteiger partial charge in [-0.3, -0.25) is 13.9 Å². The van der Waals surface area contributed by atoms with Crippen molar-refractivity contribution in [2.24, 2.45) is 5.92 Å². The Kier molecular flexibility index (Phi) is 11.1. The summed E-state index contributed by atoms with van der Waals surface area (Å²) in [7, 11) is -4.19. The number of halogens is 1. The Morgan fingerprint density at radius 1 is 0.822 bits per heavy atom. The number of hydrogen-bond acceptors (Lipinski definition) is 4. The summed E-state index contributed by atoms with van der Waals surface area (Å²) in [6, 6.07) is 27.5. The molecule has 4 aromatic carbocycles. The number of benzene rings is 4. The highest BCUT2D eigenvalue weighted by molar-refractivity contribution is 7.92. The number of hydrogen-bond donors (Lipinski definition) is 1. The number of nitrogens with zero attached hydrogens (tertiary/aromatic N) is 2. The number of rotatable bonds is 13. The molecular formula is C36H40FN3O4S. The van der Waals surface area contributed by atoms with Crippen molar-refractivity contribution in [3.63, 3.8) is 0 Å². The SMILES string of the molecule is Cc1ccc(C)c(N(CC(=O)N(Cc2ccc(F)cc2)[C@H](Cc2ccccc2)C(=O)NCC(C)C)S(=O)(=O)c2ccccc2)c1. The number of amides is 2. The fraction of sp³-hybridized carbons (Fsp3) is 0.278. The van der Waals surface area contributed by atoms with E-state index in [9.17, 15) is 22.4 Å². The topological polar surface area (TPSA) is 86.8 Å². The predicted molar refractivity (Wildman–Crippen MR) is 176 cm³/mol. The van der Waals surface area contributed by atoms with Crippen molar-refractivity contribution < 1.29 is 22.4 Å². The van der Waals surface area contributed by atoms with E-state index in [2.05, 4.69) is 5.32 Å². The van der Waals surface area contributed by atoms with Crippen molar-refractivity contribution in [1.82, 2.24) is 10.2 Å². The van der Waals surface area contributed by atoms with Crippen LogP contribution in [-0.2, 0) is 32.6 Å². The van der Waals surface area contributed by atoms with E-state index in [1.165, 1.54) is 29.2 Å². The summed E-state index contributed by atoms with van der Waals surface area (Å²) in [6.07, 6.45) is 0.201. The molecule has 236 valence electrons. The van der Waals surface area contributed by atoms with E-state index in [4.69, 9.17) is 0 Å². The molecule has 9 heteroatoms. The van der Waals surface area contributed by atoms with Crippen molar-refractivity contribution >= 4 is 27.5 Å². The van der Waals surface area contributed by atoms with Crippen LogP contribution in [-0.4, -0.2) is 44.3 Å². The lowest BCUT2D eigenvalue weighted by Crippen LogP contribution is -2.53. The molecule has 0 fully saturated rings. The van der Waals surface area contributed by atoms with Gasteiger partial charge in [-0.25, -0.2) is 12.8 Å². The van der Waals surface area contributed by atoms with E-state index in [0.717, 1.165) is 15.4 Å². The maximum absolute atomic E-state index is 14.5. The second-order valence-corrected chi connectivity index (χ2v) is 13.5. The summed E-state index contributed by atoms with van der Waals surface area (Å²) in [6.45, 7) is 7.42. The lowest BCUT2D eigenvalue weighted by molar-refractivity contribution is -0.140. The van der Waals surface area contributed by atoms with Crippen LogP contribution in [0.25, 0.3) is 0 Å². The molecule has 7 nitrogen and oxygen atoms in total. The van der Waals surface area contributed by atoms with Gasteiger partial charge >= 0.3 is 0 Å². The van der Waals surface area contributed by atoms with Gasteiger partial charge in [0.2, 0.25) is 11.8 Å². The highest BCUT2D eigenvalue weighted by atomic mass is 32.2. The highest BCUT2D eigenvalue weighted by Crippen LogP contribution is 2.29. The maximum Gasteiger partial charge on any atom is 0.264 e. The Bertz CT molecular complexity index is 1700. The first-order valence-corrected chi connectivity index (χ1v) is 16.4. The van der Waals surface area contributed by atoms with Crippen molar-refractivity contribution in [2.45, 2.75) is 51.6 Å². The van der Waals surface area contributed by atoms with Crippen molar-refractivity contribution in [1.29, 1.82) is 0 Å². The molecule has 2 amide bonds. The third kappa shape index (κ3) is 8.79. The molecule has 0 aliphatic heterocycles. The molecule has 1 atom stereocenters. The third-order valence-corrected chi connectivity index (χ3v) is 9.24. The van der Waals surface area contributed by atoms with Gasteiger partial charge in [-0.15, -0.1) is 0 Å². The van der Waals surface area contributed by atoms with Crippen LogP contribution < -0.4 is 9.62 Å². The van der Waals surface area contributed by atoms with Crippen LogP contribution in [0.1, 0.15) is 36.1 Å². The summed E-state index contributed by atoms with van der Waals surface area (Å²) >= 11 is 0. The van der Waals surface area contributed by atoms with E-state index in [-0.39, 0.29) is 29.7 Å². The van der Waals surface area contributed by atoms with Gasteiger partial charge in [0.25, 0.3) is 10.0 Å². The summed E-state index contributed by atoms with van der Waals surface area (Å²) in [5.74, 6) is -1.18. The molecule has 0 saturated heterocycles. The molecule has 0 aliphatic rings. The minimum atomic E-state index is -4.19. The van der Waals surface area contributed by atoms with E-state index >= 15 is 0 Å². The van der Waals surface area contributed by atoms with Gasteiger partial charge in [-0.2, -0.15) is 0 Å². The van der Waals surface area contributed by atoms with E-state index in [0.29, 0.717) is 23.4 Å². The summed E-state index contributed by atoms with van der Waals surface area (Å²) < 4.78 is 43.3. The van der Waals surface area contributed by atoms with Gasteiger partial charge in [0.1, 0.15) is 18.4 Å². The number of carbonyl (C=O) groups excluding carboxylic acids is 2. The quantitative estimate of drug-likeness (QED) is 0.195. The zero-order valence-corrected chi connectivity index (χ0v) is 26.9. The zero-order valence-electron chi connectivity index (χ0n) is 26.1. The molecule has 0 unspecified atom stereocenters. The van der Waals surface area contributed by atoms with Crippen LogP contribution >= 0.6 is 0 Å². The van der Waals surface area contributed by atoms with Gasteiger partial charge in [0.05, 0.1) is 10.6 Å². The molecule has 0 saturated carbocycles. The van der Waals surface area contributed by atoms with E-state index < -0.39 is 34.3 Å². The molecule has 4 rings (SSSR count). The Balaban J connectivity index is 1.82. The summed E-state index contributed by atoms with van der Waals surface area (Å²) in [4.78, 5) is 29.8. The van der Waals surface area contributed by atoms with Gasteiger partial charge < -0.3 is 10.2 Å². The first kappa shape index (κ1) is 33.4. The van der Waals surface area contributed by atoms with Gasteiger partial charge in [0.15, 0.2) is 0 Å². The second-order valence-electron chi connectivity index (χ2n) is 11.6. The standard InChI is InChI=1S/C36H40FN3O4S/c1-26(2)23-38-36(42)34(22-29-11-7-5-8-12-29)39(24-30-17-19-31(37)20-18-30)35(41)25-40(33-21-27(3)15-16-28(33)4)45(43,44)32-13-9-6-10-14-32/h5-21,26,34H,22-25H2,1-4H3,(H,38,42)/t34-/m1/s1. The Labute approximate surface area is 265 Å². The second kappa shape index (κ2) is 15.0. The first-order chi connectivity index (χ1) is 21.5. The number of anilines is 1. The zero-order chi connectivity index (χ0) is 32.6. The fourth-order valence-electron chi connectivity index (χ4n) is 4.98. The molecule has 45 heavy (non-hydrogen) atoms.